The van der Waals surface area contributed by atoms with Crippen LogP contribution in [0.2, 0.25) is 0 Å². The molecule has 1 aliphatic rings. The lowest BCUT2D eigenvalue weighted by molar-refractivity contribution is -0.128. The molecule has 20 heavy (non-hydrogen) atoms. The molecule has 1 aliphatic heterocycles. The van der Waals surface area contributed by atoms with E-state index in [1.54, 1.807) is 0 Å². The predicted molar refractivity (Wildman–Crippen MR) is 70.0 cm³/mol. The Kier molecular flexibility index (Phi) is 5.43. The van der Waals surface area contributed by atoms with E-state index in [-0.39, 0.29) is 30.7 Å². The van der Waals surface area contributed by atoms with Crippen molar-refractivity contribution in [3.63, 3.8) is 0 Å². The molecule has 1 fully saturated rings. The molecular formula is C14H18F2N2O2. The molecular weight excluding hydrogens is 266 g/mol. The molecule has 1 amide bonds. The fourth-order valence-electron chi connectivity index (χ4n) is 2.07. The number of hydrogen-bond donors (Lipinski definition) is 2. The zero-order valence-electron chi connectivity index (χ0n) is 11.1. The lowest BCUT2D eigenvalue weighted by atomic mass is 10.1. The topological polar surface area (TPSA) is 50.4 Å². The second kappa shape index (κ2) is 7.31. The van der Waals surface area contributed by atoms with Crippen molar-refractivity contribution in [3.8, 4) is 0 Å². The Labute approximate surface area is 116 Å². The molecule has 0 saturated carbocycles. The summed E-state index contributed by atoms with van der Waals surface area (Å²) in [6.07, 6.45) is 1.88. The van der Waals surface area contributed by atoms with Gasteiger partial charge in [-0.1, -0.05) is 6.07 Å². The van der Waals surface area contributed by atoms with Gasteiger partial charge in [0.1, 0.15) is 18.2 Å². The first-order valence-electron chi connectivity index (χ1n) is 6.68. The van der Waals surface area contributed by atoms with Crippen molar-refractivity contribution in [2.75, 3.05) is 19.7 Å². The van der Waals surface area contributed by atoms with Gasteiger partial charge in [0.05, 0.1) is 6.10 Å². The standard InChI is InChI=1S/C14H18F2N2O2/c15-11-2-1-10(13(16)7-11)8-18-14(19)9-20-12-3-5-17-6-4-12/h1-2,7,12,17H,3-6,8-9H2,(H,18,19). The quantitative estimate of drug-likeness (QED) is 0.858. The van der Waals surface area contributed by atoms with Crippen molar-refractivity contribution in [1.82, 2.24) is 10.6 Å². The molecule has 0 bridgehead atoms. The van der Waals surface area contributed by atoms with Gasteiger partial charge in [0.25, 0.3) is 0 Å². The number of hydrogen-bond acceptors (Lipinski definition) is 3. The van der Waals surface area contributed by atoms with E-state index in [1.165, 1.54) is 6.07 Å². The normalized spacial score (nSPS) is 16.1. The van der Waals surface area contributed by atoms with Gasteiger partial charge in [0, 0.05) is 18.2 Å². The minimum Gasteiger partial charge on any atom is -0.368 e. The largest absolute Gasteiger partial charge is 0.368 e. The van der Waals surface area contributed by atoms with Crippen molar-refractivity contribution in [2.45, 2.75) is 25.5 Å². The highest BCUT2D eigenvalue weighted by Crippen LogP contribution is 2.09. The molecule has 1 heterocycles. The number of nitrogens with one attached hydrogen (secondary N) is 2. The third-order valence-electron chi connectivity index (χ3n) is 3.23. The maximum Gasteiger partial charge on any atom is 0.246 e. The highest BCUT2D eigenvalue weighted by atomic mass is 19.1. The zero-order valence-corrected chi connectivity index (χ0v) is 11.1. The second-order valence-corrected chi connectivity index (χ2v) is 4.77. The van der Waals surface area contributed by atoms with Gasteiger partial charge in [-0.25, -0.2) is 8.78 Å². The van der Waals surface area contributed by atoms with Gasteiger partial charge in [-0.15, -0.1) is 0 Å². The van der Waals surface area contributed by atoms with E-state index in [0.29, 0.717) is 0 Å². The number of piperidine rings is 1. The maximum atomic E-state index is 13.3. The Morgan fingerprint density at radius 2 is 2.10 bits per heavy atom. The Hall–Kier alpha value is -1.53. The van der Waals surface area contributed by atoms with Crippen LogP contribution in [0.1, 0.15) is 18.4 Å². The fourth-order valence-corrected chi connectivity index (χ4v) is 2.07. The monoisotopic (exact) mass is 284 g/mol. The van der Waals surface area contributed by atoms with E-state index in [0.717, 1.165) is 38.1 Å². The summed E-state index contributed by atoms with van der Waals surface area (Å²) in [5.41, 5.74) is 0.251. The molecule has 0 atom stereocenters. The minimum absolute atomic E-state index is 0.0283. The van der Waals surface area contributed by atoms with Gasteiger partial charge in [-0.3, -0.25) is 4.79 Å². The second-order valence-electron chi connectivity index (χ2n) is 4.77. The molecule has 0 unspecified atom stereocenters. The van der Waals surface area contributed by atoms with Crippen LogP contribution in [0, 0.1) is 11.6 Å². The van der Waals surface area contributed by atoms with Crippen molar-refractivity contribution in [2.24, 2.45) is 0 Å². The van der Waals surface area contributed by atoms with E-state index in [4.69, 9.17) is 4.74 Å². The molecule has 0 radical (unpaired) electrons. The number of carbonyl (C=O) groups excluding carboxylic acids is 1. The van der Waals surface area contributed by atoms with Gasteiger partial charge in [0.15, 0.2) is 0 Å². The SMILES string of the molecule is O=C(COC1CCNCC1)NCc1ccc(F)cc1F. The molecule has 1 saturated heterocycles. The molecule has 0 aliphatic carbocycles. The average molecular weight is 284 g/mol. The molecule has 4 nitrogen and oxygen atoms in total. The third-order valence-corrected chi connectivity index (χ3v) is 3.23. The molecule has 110 valence electrons. The molecule has 6 heteroatoms. The number of amides is 1. The van der Waals surface area contributed by atoms with E-state index in [9.17, 15) is 13.6 Å². The van der Waals surface area contributed by atoms with Crippen LogP contribution in [-0.2, 0) is 16.1 Å². The van der Waals surface area contributed by atoms with E-state index < -0.39 is 11.6 Å². The number of ether oxygens (including phenoxy) is 1. The molecule has 2 rings (SSSR count). The summed E-state index contributed by atoms with van der Waals surface area (Å²) in [7, 11) is 0. The fraction of sp³-hybridized carbons (Fsp3) is 0.500. The van der Waals surface area contributed by atoms with E-state index in [1.807, 2.05) is 0 Å². The van der Waals surface area contributed by atoms with Crippen molar-refractivity contribution in [3.05, 3.63) is 35.4 Å². The lowest BCUT2D eigenvalue weighted by Gasteiger charge is -2.22. The zero-order chi connectivity index (χ0) is 14.4. The number of rotatable bonds is 5. The van der Waals surface area contributed by atoms with Gasteiger partial charge in [0.2, 0.25) is 5.91 Å². The van der Waals surface area contributed by atoms with Crippen LogP contribution >= 0.6 is 0 Å². The van der Waals surface area contributed by atoms with Crippen LogP contribution in [-0.4, -0.2) is 31.7 Å². The number of benzene rings is 1. The third kappa shape index (κ3) is 4.54. The first-order valence-corrected chi connectivity index (χ1v) is 6.68. The smallest absolute Gasteiger partial charge is 0.246 e. The van der Waals surface area contributed by atoms with Crippen LogP contribution in [0.4, 0.5) is 8.78 Å². The van der Waals surface area contributed by atoms with Crippen LogP contribution in [0.15, 0.2) is 18.2 Å². The molecule has 0 spiro atoms. The predicted octanol–water partition coefficient (Wildman–Crippen LogP) is 1.35. The van der Waals surface area contributed by atoms with Gasteiger partial charge < -0.3 is 15.4 Å². The van der Waals surface area contributed by atoms with Gasteiger partial charge in [-0.2, -0.15) is 0 Å². The van der Waals surface area contributed by atoms with Crippen LogP contribution < -0.4 is 10.6 Å². The first kappa shape index (κ1) is 14.9. The highest BCUT2D eigenvalue weighted by molar-refractivity contribution is 5.77. The summed E-state index contributed by atoms with van der Waals surface area (Å²) in [5.74, 6) is -1.59. The molecule has 2 N–H and O–H groups in total. The first-order chi connectivity index (χ1) is 9.65. The van der Waals surface area contributed by atoms with Crippen molar-refractivity contribution in [1.29, 1.82) is 0 Å². The average Bonchev–Trinajstić information content (AvgIpc) is 2.45. The lowest BCUT2D eigenvalue weighted by Crippen LogP contribution is -2.35. The minimum atomic E-state index is -0.662. The summed E-state index contributed by atoms with van der Waals surface area (Å²) in [6.45, 7) is 1.79. The summed E-state index contributed by atoms with van der Waals surface area (Å²) in [4.78, 5) is 11.6. The Balaban J connectivity index is 1.71. The van der Waals surface area contributed by atoms with E-state index in [2.05, 4.69) is 10.6 Å². The highest BCUT2D eigenvalue weighted by Gasteiger charge is 2.14. The molecule has 0 aromatic heterocycles. The number of carbonyl (C=O) groups is 1. The van der Waals surface area contributed by atoms with E-state index >= 15 is 0 Å². The van der Waals surface area contributed by atoms with Gasteiger partial charge >= 0.3 is 0 Å². The summed E-state index contributed by atoms with van der Waals surface area (Å²) in [6, 6.07) is 3.28. The summed E-state index contributed by atoms with van der Waals surface area (Å²) in [5, 5.41) is 5.76. The summed E-state index contributed by atoms with van der Waals surface area (Å²) < 4.78 is 31.5. The Bertz CT molecular complexity index is 462. The van der Waals surface area contributed by atoms with Crippen molar-refractivity contribution < 1.29 is 18.3 Å². The summed E-state index contributed by atoms with van der Waals surface area (Å²) >= 11 is 0. The van der Waals surface area contributed by atoms with Crippen LogP contribution in [0.5, 0.6) is 0 Å². The molecule has 1 aromatic rings. The maximum absolute atomic E-state index is 13.3. The Morgan fingerprint density at radius 1 is 1.35 bits per heavy atom. The molecule has 1 aromatic carbocycles. The van der Waals surface area contributed by atoms with Crippen molar-refractivity contribution >= 4 is 5.91 Å². The Morgan fingerprint density at radius 3 is 2.80 bits per heavy atom. The van der Waals surface area contributed by atoms with Gasteiger partial charge in [-0.05, 0) is 32.0 Å². The van der Waals surface area contributed by atoms with Crippen LogP contribution in [0.3, 0.4) is 0 Å². The van der Waals surface area contributed by atoms with Crippen LogP contribution in [0.25, 0.3) is 0 Å². The number of halogens is 2.